The van der Waals surface area contributed by atoms with E-state index < -0.39 is 0 Å². The Bertz CT molecular complexity index is 684. The van der Waals surface area contributed by atoms with Crippen molar-refractivity contribution in [2.75, 3.05) is 18.4 Å². The van der Waals surface area contributed by atoms with Crippen LogP contribution in [0.5, 0.6) is 0 Å². The van der Waals surface area contributed by atoms with E-state index in [0.29, 0.717) is 6.04 Å². The van der Waals surface area contributed by atoms with Crippen molar-refractivity contribution in [3.63, 3.8) is 0 Å². The minimum atomic E-state index is 0. The third kappa shape index (κ3) is 4.79. The molecule has 3 nitrogen and oxygen atoms in total. The zero-order valence-corrected chi connectivity index (χ0v) is 19.7. The van der Waals surface area contributed by atoms with E-state index >= 15 is 0 Å². The zero-order chi connectivity index (χ0) is 17.9. The molecule has 5 heteroatoms. The van der Waals surface area contributed by atoms with Gasteiger partial charge < -0.3 is 10.0 Å². The standard InChI is InChI=1S/C22H30N3S.Na/c1-3-25-13-6-9-19(25)12-14-26-24-16(2)23-22-20-10-4-7-17(20)15-18-8-5-11-21(18)22;/h12,14-15,19,23H,2-11,13H2,1H3;/q-1;+1/b14-12+;. The van der Waals surface area contributed by atoms with Gasteiger partial charge in [-0.05, 0) is 97.8 Å². The molecule has 0 bridgehead atoms. The van der Waals surface area contributed by atoms with Crippen LogP contribution in [0, 0.1) is 0 Å². The van der Waals surface area contributed by atoms with Crippen molar-refractivity contribution in [3.05, 3.63) is 56.9 Å². The number of nitrogens with one attached hydrogen (secondary N) is 1. The van der Waals surface area contributed by atoms with E-state index in [0.717, 1.165) is 12.4 Å². The summed E-state index contributed by atoms with van der Waals surface area (Å²) in [5.74, 6) is 0.771. The summed E-state index contributed by atoms with van der Waals surface area (Å²) in [6.45, 7) is 8.76. The molecule has 1 aromatic rings. The van der Waals surface area contributed by atoms with Gasteiger partial charge in [0.05, 0.1) is 0 Å². The van der Waals surface area contributed by atoms with Crippen molar-refractivity contribution < 1.29 is 29.6 Å². The SMILES string of the molecule is C=C([N-]S/C=C/C1CCCN1CC)Nc1c2c(cc3c1CCC3)CCC2.[Na+]. The summed E-state index contributed by atoms with van der Waals surface area (Å²) in [7, 11) is 0. The van der Waals surface area contributed by atoms with Crippen molar-refractivity contribution in [2.45, 2.75) is 64.3 Å². The molecule has 0 aromatic heterocycles. The van der Waals surface area contributed by atoms with Gasteiger partial charge in [-0.15, -0.1) is 11.9 Å². The second kappa shape index (κ2) is 9.89. The second-order valence-electron chi connectivity index (χ2n) is 7.67. The molecule has 0 spiro atoms. The molecule has 1 saturated heterocycles. The van der Waals surface area contributed by atoms with Gasteiger partial charge in [0.25, 0.3) is 0 Å². The second-order valence-corrected chi connectivity index (χ2v) is 8.33. The van der Waals surface area contributed by atoms with Gasteiger partial charge in [0.15, 0.2) is 0 Å². The van der Waals surface area contributed by atoms with Crippen LogP contribution >= 0.6 is 11.9 Å². The quantitative estimate of drug-likeness (QED) is 0.572. The van der Waals surface area contributed by atoms with Gasteiger partial charge in [-0.1, -0.05) is 31.5 Å². The van der Waals surface area contributed by atoms with Gasteiger partial charge in [0, 0.05) is 6.04 Å². The number of rotatable bonds is 7. The predicted molar refractivity (Wildman–Crippen MR) is 114 cm³/mol. The molecule has 1 fully saturated rings. The summed E-state index contributed by atoms with van der Waals surface area (Å²) in [5, 5.41) is 5.70. The third-order valence-corrected chi connectivity index (χ3v) is 6.69. The molecule has 3 aliphatic rings. The number of fused-ring (bicyclic) bond motifs is 2. The fraction of sp³-hybridized carbons (Fsp3) is 0.545. The number of hydrogen-bond acceptors (Lipinski definition) is 3. The minimum Gasteiger partial charge on any atom is -0.457 e. The molecule has 1 unspecified atom stereocenters. The molecule has 0 radical (unpaired) electrons. The van der Waals surface area contributed by atoms with E-state index in [1.54, 1.807) is 11.1 Å². The maximum absolute atomic E-state index is 4.59. The van der Waals surface area contributed by atoms with Crippen molar-refractivity contribution >= 4 is 17.6 Å². The Balaban J connectivity index is 0.00000210. The van der Waals surface area contributed by atoms with Crippen molar-refractivity contribution in [2.24, 2.45) is 0 Å². The molecule has 0 saturated carbocycles. The largest absolute Gasteiger partial charge is 1.00 e. The summed E-state index contributed by atoms with van der Waals surface area (Å²) >= 11 is 1.50. The van der Waals surface area contributed by atoms with Gasteiger partial charge in [-0.3, -0.25) is 4.90 Å². The number of hydrogen-bond donors (Lipinski definition) is 1. The van der Waals surface area contributed by atoms with Gasteiger partial charge in [-0.25, -0.2) is 0 Å². The van der Waals surface area contributed by atoms with Crippen LogP contribution in [0.2, 0.25) is 0 Å². The first kappa shape index (κ1) is 21.3. The fourth-order valence-corrected chi connectivity index (χ4v) is 5.30. The van der Waals surface area contributed by atoms with Crippen LogP contribution in [0.1, 0.15) is 54.9 Å². The minimum absolute atomic E-state index is 0. The third-order valence-electron chi connectivity index (χ3n) is 6.09. The van der Waals surface area contributed by atoms with Crippen LogP contribution in [-0.4, -0.2) is 24.0 Å². The average molecular weight is 392 g/mol. The number of aryl methyl sites for hydroxylation is 2. The molecule has 1 aromatic carbocycles. The van der Waals surface area contributed by atoms with E-state index in [4.69, 9.17) is 0 Å². The van der Waals surface area contributed by atoms with Crippen LogP contribution in [0.4, 0.5) is 5.69 Å². The number of anilines is 1. The Hall–Kier alpha value is -0.390. The molecular weight excluding hydrogens is 361 g/mol. The molecule has 1 aliphatic heterocycles. The molecule has 1 N–H and O–H groups in total. The Morgan fingerprint density at radius 3 is 2.59 bits per heavy atom. The molecule has 4 rings (SSSR count). The Morgan fingerprint density at radius 2 is 1.93 bits per heavy atom. The monoisotopic (exact) mass is 391 g/mol. The molecular formula is C22H30N3NaS. The molecule has 140 valence electrons. The molecule has 2 aliphatic carbocycles. The Kier molecular flexibility index (Phi) is 7.81. The van der Waals surface area contributed by atoms with Gasteiger partial charge >= 0.3 is 29.6 Å². The first-order chi connectivity index (χ1) is 12.8. The normalized spacial score (nSPS) is 21.1. The number of benzene rings is 1. The van der Waals surface area contributed by atoms with E-state index in [-0.39, 0.29) is 29.6 Å². The van der Waals surface area contributed by atoms with Crippen LogP contribution in [0.25, 0.3) is 4.72 Å². The maximum Gasteiger partial charge on any atom is 1.00 e. The van der Waals surface area contributed by atoms with Crippen LogP contribution < -0.4 is 34.9 Å². The molecule has 27 heavy (non-hydrogen) atoms. The summed E-state index contributed by atoms with van der Waals surface area (Å²) in [5.41, 5.74) is 7.47. The molecule has 0 amide bonds. The Morgan fingerprint density at radius 1 is 1.22 bits per heavy atom. The smallest absolute Gasteiger partial charge is 0.457 e. The van der Waals surface area contributed by atoms with Crippen LogP contribution in [0.15, 0.2) is 30.0 Å². The summed E-state index contributed by atoms with van der Waals surface area (Å²) in [6, 6.07) is 3.05. The number of likely N-dealkylation sites (tertiary alicyclic amines) is 1. The van der Waals surface area contributed by atoms with Crippen molar-refractivity contribution in [3.8, 4) is 0 Å². The number of nitrogens with zero attached hydrogens (tertiary/aromatic N) is 2. The first-order valence-electron chi connectivity index (χ1n) is 10.2. The van der Waals surface area contributed by atoms with Crippen molar-refractivity contribution in [1.29, 1.82) is 0 Å². The fourth-order valence-electron chi connectivity index (χ4n) is 4.82. The zero-order valence-electron chi connectivity index (χ0n) is 16.9. The summed E-state index contributed by atoms with van der Waals surface area (Å²) in [6.07, 6.45) is 12.3. The topological polar surface area (TPSA) is 29.4 Å². The van der Waals surface area contributed by atoms with E-state index in [1.165, 1.54) is 86.7 Å². The van der Waals surface area contributed by atoms with Crippen LogP contribution in [-0.2, 0) is 25.7 Å². The Labute approximate surface area is 190 Å². The molecule has 1 heterocycles. The van der Waals surface area contributed by atoms with E-state index in [2.05, 4.69) is 46.0 Å². The molecule has 1 atom stereocenters. The van der Waals surface area contributed by atoms with Gasteiger partial charge in [0.2, 0.25) is 0 Å². The predicted octanol–water partition coefficient (Wildman–Crippen LogP) is 2.57. The van der Waals surface area contributed by atoms with Crippen LogP contribution in [0.3, 0.4) is 0 Å². The van der Waals surface area contributed by atoms with E-state index in [1.807, 2.05) is 0 Å². The maximum atomic E-state index is 4.59. The van der Waals surface area contributed by atoms with E-state index in [9.17, 15) is 0 Å². The van der Waals surface area contributed by atoms with Gasteiger partial charge in [0.1, 0.15) is 0 Å². The number of likely N-dealkylation sites (N-methyl/N-ethyl adjacent to an activating group) is 1. The van der Waals surface area contributed by atoms with Gasteiger partial charge in [-0.2, -0.15) is 0 Å². The summed E-state index contributed by atoms with van der Waals surface area (Å²) < 4.78 is 4.59. The summed E-state index contributed by atoms with van der Waals surface area (Å²) in [4.78, 5) is 2.53. The first-order valence-corrected chi connectivity index (χ1v) is 11.0. The average Bonchev–Trinajstić information content (AvgIpc) is 3.38. The van der Waals surface area contributed by atoms with Crippen molar-refractivity contribution in [1.82, 2.24) is 4.90 Å².